The van der Waals surface area contributed by atoms with Crippen molar-refractivity contribution < 1.29 is 5.11 Å². The highest BCUT2D eigenvalue weighted by Gasteiger charge is 2.00. The maximum atomic E-state index is 9.03. The molecule has 0 aromatic carbocycles. The van der Waals surface area contributed by atoms with Crippen LogP contribution in [0.1, 0.15) is 34.1 Å². The van der Waals surface area contributed by atoms with Crippen molar-refractivity contribution in [3.63, 3.8) is 0 Å². The monoisotopic (exact) mass is 142 g/mol. The minimum absolute atomic E-state index is 0.294. The summed E-state index contributed by atoms with van der Waals surface area (Å²) in [5.74, 6) is 0.569. The third-order valence-electron chi connectivity index (χ3n) is 1.61. The second kappa shape index (κ2) is 4.51. The van der Waals surface area contributed by atoms with Crippen molar-refractivity contribution in [3.05, 3.63) is 11.6 Å². The average Bonchev–Trinajstić information content (AvgIpc) is 1.81. The van der Waals surface area contributed by atoms with Gasteiger partial charge in [-0.25, -0.2) is 0 Å². The lowest BCUT2D eigenvalue weighted by Crippen LogP contribution is -2.00. The van der Waals surface area contributed by atoms with E-state index in [2.05, 4.69) is 20.8 Å². The quantitative estimate of drug-likeness (QED) is 0.600. The molecule has 0 saturated heterocycles. The molecule has 1 unspecified atom stereocenters. The zero-order valence-corrected chi connectivity index (χ0v) is 7.39. The van der Waals surface area contributed by atoms with Crippen LogP contribution in [0.2, 0.25) is 0 Å². The van der Waals surface area contributed by atoms with Crippen LogP contribution in [0.4, 0.5) is 0 Å². The largest absolute Gasteiger partial charge is 0.389 e. The number of hydrogen-bond donors (Lipinski definition) is 1. The molecule has 0 heterocycles. The molecule has 0 aliphatic heterocycles. The van der Waals surface area contributed by atoms with E-state index in [9.17, 15) is 0 Å². The first-order valence-electron chi connectivity index (χ1n) is 3.96. The van der Waals surface area contributed by atoms with Gasteiger partial charge in [0.2, 0.25) is 0 Å². The van der Waals surface area contributed by atoms with Gasteiger partial charge in [0.1, 0.15) is 0 Å². The van der Waals surface area contributed by atoms with E-state index < -0.39 is 0 Å². The molecule has 0 saturated carbocycles. The van der Waals surface area contributed by atoms with Crippen LogP contribution in [0.15, 0.2) is 11.6 Å². The summed E-state index contributed by atoms with van der Waals surface area (Å²) in [6.07, 6.45) is 2.69. The lowest BCUT2D eigenvalue weighted by molar-refractivity contribution is 0.242. The minimum Gasteiger partial charge on any atom is -0.389 e. The molecule has 1 N–H and O–H groups in total. The van der Waals surface area contributed by atoms with Crippen LogP contribution >= 0.6 is 0 Å². The van der Waals surface area contributed by atoms with Gasteiger partial charge in [-0.2, -0.15) is 0 Å². The predicted octanol–water partition coefficient (Wildman–Crippen LogP) is 2.36. The molecule has 0 radical (unpaired) electrons. The van der Waals surface area contributed by atoms with Crippen molar-refractivity contribution in [2.24, 2.45) is 5.92 Å². The predicted molar refractivity (Wildman–Crippen MR) is 44.9 cm³/mol. The molecule has 0 bridgehead atoms. The van der Waals surface area contributed by atoms with Gasteiger partial charge >= 0.3 is 0 Å². The van der Waals surface area contributed by atoms with Crippen LogP contribution < -0.4 is 0 Å². The summed E-state index contributed by atoms with van der Waals surface area (Å²) < 4.78 is 0. The second-order valence-corrected chi connectivity index (χ2v) is 2.99. The van der Waals surface area contributed by atoms with Crippen molar-refractivity contribution in [2.45, 2.75) is 40.2 Å². The zero-order valence-electron chi connectivity index (χ0n) is 7.39. The van der Waals surface area contributed by atoms with Crippen molar-refractivity contribution in [2.75, 3.05) is 0 Å². The van der Waals surface area contributed by atoms with Gasteiger partial charge < -0.3 is 5.11 Å². The van der Waals surface area contributed by atoms with Crippen molar-refractivity contribution in [3.8, 4) is 0 Å². The van der Waals surface area contributed by atoms with Crippen LogP contribution in [0.5, 0.6) is 0 Å². The Morgan fingerprint density at radius 1 is 1.40 bits per heavy atom. The van der Waals surface area contributed by atoms with E-state index in [1.54, 1.807) is 6.92 Å². The Hall–Kier alpha value is -0.300. The highest BCUT2D eigenvalue weighted by Crippen LogP contribution is 2.13. The van der Waals surface area contributed by atoms with E-state index in [4.69, 9.17) is 5.11 Å². The molecule has 0 spiro atoms. The van der Waals surface area contributed by atoms with E-state index in [1.165, 1.54) is 5.57 Å². The Kier molecular flexibility index (Phi) is 4.37. The average molecular weight is 142 g/mol. The first kappa shape index (κ1) is 9.70. The molecule has 0 amide bonds. The standard InChI is InChI=1S/C9H18O/c1-5-9(7(2)3)6-8(4)10/h6-8,10H,5H2,1-4H3. The summed E-state index contributed by atoms with van der Waals surface area (Å²) in [4.78, 5) is 0. The Morgan fingerprint density at radius 3 is 2.00 bits per heavy atom. The molecule has 1 nitrogen and oxygen atoms in total. The number of allylic oxidation sites excluding steroid dienone is 1. The van der Waals surface area contributed by atoms with E-state index in [0.717, 1.165) is 6.42 Å². The van der Waals surface area contributed by atoms with Gasteiger partial charge in [-0.05, 0) is 19.3 Å². The fraction of sp³-hybridized carbons (Fsp3) is 0.778. The summed E-state index contributed by atoms with van der Waals surface area (Å²) >= 11 is 0. The smallest absolute Gasteiger partial charge is 0.0695 e. The van der Waals surface area contributed by atoms with Gasteiger partial charge in [-0.15, -0.1) is 0 Å². The molecule has 0 aromatic heterocycles. The molecule has 0 rings (SSSR count). The fourth-order valence-corrected chi connectivity index (χ4v) is 1.03. The van der Waals surface area contributed by atoms with Gasteiger partial charge in [-0.3, -0.25) is 0 Å². The Bertz CT molecular complexity index is 112. The number of hydrogen-bond acceptors (Lipinski definition) is 1. The lowest BCUT2D eigenvalue weighted by Gasteiger charge is -2.09. The number of rotatable bonds is 3. The molecule has 10 heavy (non-hydrogen) atoms. The zero-order chi connectivity index (χ0) is 8.15. The van der Waals surface area contributed by atoms with Gasteiger partial charge in [0.05, 0.1) is 6.10 Å². The molecule has 1 heteroatoms. The summed E-state index contributed by atoms with van der Waals surface area (Å²) in [6, 6.07) is 0. The highest BCUT2D eigenvalue weighted by molar-refractivity contribution is 5.05. The molecule has 60 valence electrons. The Labute approximate surface area is 63.8 Å². The summed E-state index contributed by atoms with van der Waals surface area (Å²) in [5.41, 5.74) is 1.34. The van der Waals surface area contributed by atoms with Crippen LogP contribution in [-0.4, -0.2) is 11.2 Å². The summed E-state index contributed by atoms with van der Waals surface area (Å²) in [6.45, 7) is 8.21. The van der Waals surface area contributed by atoms with Crippen molar-refractivity contribution >= 4 is 0 Å². The lowest BCUT2D eigenvalue weighted by atomic mass is 9.99. The van der Waals surface area contributed by atoms with Crippen LogP contribution in [0, 0.1) is 5.92 Å². The maximum Gasteiger partial charge on any atom is 0.0695 e. The number of aliphatic hydroxyl groups is 1. The Morgan fingerprint density at radius 2 is 1.90 bits per heavy atom. The van der Waals surface area contributed by atoms with Gasteiger partial charge in [0.15, 0.2) is 0 Å². The molecule has 0 aliphatic carbocycles. The number of aliphatic hydroxyl groups excluding tert-OH is 1. The first-order chi connectivity index (χ1) is 4.57. The third kappa shape index (κ3) is 3.67. The SMILES string of the molecule is CCC(=CC(C)O)C(C)C. The molecular weight excluding hydrogens is 124 g/mol. The van der Waals surface area contributed by atoms with Crippen LogP contribution in [0.3, 0.4) is 0 Å². The fourth-order valence-electron chi connectivity index (χ4n) is 1.03. The van der Waals surface area contributed by atoms with E-state index in [-0.39, 0.29) is 6.10 Å². The van der Waals surface area contributed by atoms with Gasteiger partial charge in [-0.1, -0.05) is 32.4 Å². The van der Waals surface area contributed by atoms with E-state index >= 15 is 0 Å². The van der Waals surface area contributed by atoms with Gasteiger partial charge in [0, 0.05) is 0 Å². The van der Waals surface area contributed by atoms with Crippen molar-refractivity contribution in [1.29, 1.82) is 0 Å². The molecule has 0 aromatic rings. The molecule has 0 aliphatic rings. The maximum absolute atomic E-state index is 9.03. The minimum atomic E-state index is -0.294. The topological polar surface area (TPSA) is 20.2 Å². The summed E-state index contributed by atoms with van der Waals surface area (Å²) in [7, 11) is 0. The Balaban J connectivity index is 4.04. The van der Waals surface area contributed by atoms with Crippen LogP contribution in [0.25, 0.3) is 0 Å². The third-order valence-corrected chi connectivity index (χ3v) is 1.61. The molecular formula is C9H18O. The van der Waals surface area contributed by atoms with E-state index in [0.29, 0.717) is 5.92 Å². The molecule has 0 fully saturated rings. The highest BCUT2D eigenvalue weighted by atomic mass is 16.3. The second-order valence-electron chi connectivity index (χ2n) is 2.99. The summed E-state index contributed by atoms with van der Waals surface area (Å²) in [5, 5.41) is 9.03. The van der Waals surface area contributed by atoms with Gasteiger partial charge in [0.25, 0.3) is 0 Å². The van der Waals surface area contributed by atoms with E-state index in [1.807, 2.05) is 6.08 Å². The van der Waals surface area contributed by atoms with Crippen molar-refractivity contribution in [1.82, 2.24) is 0 Å². The first-order valence-corrected chi connectivity index (χ1v) is 3.96. The molecule has 1 atom stereocenters. The van der Waals surface area contributed by atoms with Crippen LogP contribution in [-0.2, 0) is 0 Å². The normalized spacial score (nSPS) is 16.0.